The Bertz CT molecular complexity index is 450. The van der Waals surface area contributed by atoms with Crippen molar-refractivity contribution in [3.8, 4) is 0 Å². The number of carbonyl (C=O) groups is 1. The summed E-state index contributed by atoms with van der Waals surface area (Å²) < 4.78 is 18.7. The summed E-state index contributed by atoms with van der Waals surface area (Å²) in [6.45, 7) is 2.73. The minimum Gasteiger partial charge on any atom is -0.394 e. The minimum atomic E-state index is -0.382. The molecule has 1 heterocycles. The Morgan fingerprint density at radius 1 is 1.61 bits per heavy atom. The Labute approximate surface area is 105 Å². The lowest BCUT2D eigenvalue weighted by molar-refractivity contribution is -0.0447. The van der Waals surface area contributed by atoms with E-state index >= 15 is 0 Å². The average molecular weight is 253 g/mol. The molecule has 1 aromatic rings. The molecule has 5 heteroatoms. The number of rotatable bonds is 2. The normalized spacial score (nSPS) is 19.9. The van der Waals surface area contributed by atoms with Gasteiger partial charge in [0.15, 0.2) is 0 Å². The zero-order chi connectivity index (χ0) is 13.1. The first-order chi connectivity index (χ1) is 8.61. The molecule has 1 aliphatic heterocycles. The summed E-state index contributed by atoms with van der Waals surface area (Å²) in [7, 11) is 0. The Balaban J connectivity index is 2.12. The predicted octanol–water partition coefficient (Wildman–Crippen LogP) is 0.967. The first-order valence-electron chi connectivity index (χ1n) is 5.89. The van der Waals surface area contributed by atoms with E-state index in [1.165, 1.54) is 6.07 Å². The lowest BCUT2D eigenvalue weighted by Gasteiger charge is -2.32. The van der Waals surface area contributed by atoms with E-state index in [4.69, 9.17) is 9.84 Å². The summed E-state index contributed by atoms with van der Waals surface area (Å²) in [5.41, 5.74) is 0.846. The summed E-state index contributed by atoms with van der Waals surface area (Å²) in [5, 5.41) is 9.02. The summed E-state index contributed by atoms with van der Waals surface area (Å²) in [6, 6.07) is 4.46. The fraction of sp³-hybridized carbons (Fsp3) is 0.462. The van der Waals surface area contributed by atoms with Crippen LogP contribution < -0.4 is 0 Å². The highest BCUT2D eigenvalue weighted by Gasteiger charge is 2.24. The van der Waals surface area contributed by atoms with Crippen LogP contribution in [0.1, 0.15) is 15.9 Å². The molecule has 1 atom stereocenters. The van der Waals surface area contributed by atoms with Gasteiger partial charge in [-0.2, -0.15) is 0 Å². The van der Waals surface area contributed by atoms with Crippen molar-refractivity contribution in [2.75, 3.05) is 26.3 Å². The molecular formula is C13H16FNO3. The molecule has 1 unspecified atom stereocenters. The second kappa shape index (κ2) is 5.46. The first kappa shape index (κ1) is 13.0. The van der Waals surface area contributed by atoms with Gasteiger partial charge in [-0.3, -0.25) is 4.79 Å². The third-order valence-corrected chi connectivity index (χ3v) is 3.05. The monoisotopic (exact) mass is 253 g/mol. The van der Waals surface area contributed by atoms with Crippen molar-refractivity contribution in [1.82, 2.24) is 4.90 Å². The maximum absolute atomic E-state index is 13.4. The van der Waals surface area contributed by atoms with E-state index in [-0.39, 0.29) is 24.4 Å². The smallest absolute Gasteiger partial charge is 0.254 e. The van der Waals surface area contributed by atoms with Crippen molar-refractivity contribution in [1.29, 1.82) is 0 Å². The van der Waals surface area contributed by atoms with Gasteiger partial charge in [-0.15, -0.1) is 0 Å². The number of ether oxygens (including phenoxy) is 1. The van der Waals surface area contributed by atoms with Crippen LogP contribution in [0.3, 0.4) is 0 Å². The van der Waals surface area contributed by atoms with Crippen LogP contribution >= 0.6 is 0 Å². The Hall–Kier alpha value is -1.46. The molecule has 0 aliphatic carbocycles. The number of nitrogens with zero attached hydrogens (tertiary/aromatic N) is 1. The van der Waals surface area contributed by atoms with Crippen molar-refractivity contribution in [2.45, 2.75) is 13.0 Å². The molecule has 4 nitrogen and oxygen atoms in total. The van der Waals surface area contributed by atoms with Crippen LogP contribution in [0.15, 0.2) is 18.2 Å². The van der Waals surface area contributed by atoms with Gasteiger partial charge in [0.25, 0.3) is 5.91 Å². The number of carbonyl (C=O) groups excluding carboxylic acids is 1. The largest absolute Gasteiger partial charge is 0.394 e. The van der Waals surface area contributed by atoms with Crippen LogP contribution in [0, 0.1) is 12.7 Å². The van der Waals surface area contributed by atoms with Gasteiger partial charge in [-0.25, -0.2) is 4.39 Å². The molecule has 1 amide bonds. The second-order valence-corrected chi connectivity index (χ2v) is 4.39. The van der Waals surface area contributed by atoms with Crippen molar-refractivity contribution >= 4 is 5.91 Å². The van der Waals surface area contributed by atoms with Crippen molar-refractivity contribution in [3.05, 3.63) is 35.1 Å². The predicted molar refractivity (Wildman–Crippen MR) is 63.9 cm³/mol. The molecule has 0 radical (unpaired) electrons. The number of aliphatic hydroxyl groups excluding tert-OH is 1. The maximum Gasteiger partial charge on any atom is 0.254 e. The fourth-order valence-electron chi connectivity index (χ4n) is 1.92. The van der Waals surface area contributed by atoms with Gasteiger partial charge in [0.05, 0.1) is 19.3 Å². The van der Waals surface area contributed by atoms with E-state index in [0.29, 0.717) is 30.8 Å². The van der Waals surface area contributed by atoms with E-state index in [2.05, 4.69) is 0 Å². The van der Waals surface area contributed by atoms with Crippen LogP contribution in [0.25, 0.3) is 0 Å². The summed E-state index contributed by atoms with van der Waals surface area (Å²) in [6.07, 6.45) is -0.349. The second-order valence-electron chi connectivity index (χ2n) is 4.39. The van der Waals surface area contributed by atoms with Crippen LogP contribution in [0.4, 0.5) is 4.39 Å². The van der Waals surface area contributed by atoms with Gasteiger partial charge in [0.2, 0.25) is 0 Å². The summed E-state index contributed by atoms with van der Waals surface area (Å²) >= 11 is 0. The fourth-order valence-corrected chi connectivity index (χ4v) is 1.92. The lowest BCUT2D eigenvalue weighted by atomic mass is 10.1. The van der Waals surface area contributed by atoms with Gasteiger partial charge < -0.3 is 14.7 Å². The third-order valence-electron chi connectivity index (χ3n) is 3.05. The molecule has 0 saturated carbocycles. The van der Waals surface area contributed by atoms with Crippen LogP contribution in [-0.4, -0.2) is 48.3 Å². The van der Waals surface area contributed by atoms with Gasteiger partial charge in [-0.1, -0.05) is 6.07 Å². The van der Waals surface area contributed by atoms with E-state index in [1.807, 2.05) is 0 Å². The number of aliphatic hydroxyl groups is 1. The van der Waals surface area contributed by atoms with E-state index in [0.717, 1.165) is 0 Å². The number of morpholine rings is 1. The van der Waals surface area contributed by atoms with Crippen LogP contribution in [0.2, 0.25) is 0 Å². The van der Waals surface area contributed by atoms with Gasteiger partial charge in [0, 0.05) is 18.7 Å². The number of halogens is 1. The van der Waals surface area contributed by atoms with Gasteiger partial charge in [0.1, 0.15) is 5.82 Å². The number of hydrogen-bond donors (Lipinski definition) is 1. The van der Waals surface area contributed by atoms with Crippen molar-refractivity contribution in [2.24, 2.45) is 0 Å². The van der Waals surface area contributed by atoms with E-state index < -0.39 is 0 Å². The molecular weight excluding hydrogens is 237 g/mol. The number of benzene rings is 1. The highest BCUT2D eigenvalue weighted by atomic mass is 19.1. The standard InChI is InChI=1S/C13H16FNO3/c1-9-2-3-10(6-12(9)14)13(17)15-4-5-18-11(7-15)8-16/h2-3,6,11,16H,4-5,7-8H2,1H3. The third kappa shape index (κ3) is 2.68. The quantitative estimate of drug-likeness (QED) is 0.854. The van der Waals surface area contributed by atoms with Crippen LogP contribution in [-0.2, 0) is 4.74 Å². The molecule has 0 bridgehead atoms. The van der Waals surface area contributed by atoms with Gasteiger partial charge in [-0.05, 0) is 24.6 Å². The molecule has 0 spiro atoms. The SMILES string of the molecule is Cc1ccc(C(=O)N2CCOC(CO)C2)cc1F. The molecule has 1 N–H and O–H groups in total. The lowest BCUT2D eigenvalue weighted by Crippen LogP contribution is -2.46. The molecule has 18 heavy (non-hydrogen) atoms. The van der Waals surface area contributed by atoms with Gasteiger partial charge >= 0.3 is 0 Å². The molecule has 0 aromatic heterocycles. The van der Waals surface area contributed by atoms with Crippen molar-refractivity contribution in [3.63, 3.8) is 0 Å². The Morgan fingerprint density at radius 2 is 2.39 bits per heavy atom. The number of hydrogen-bond acceptors (Lipinski definition) is 3. The zero-order valence-electron chi connectivity index (χ0n) is 10.2. The van der Waals surface area contributed by atoms with E-state index in [1.54, 1.807) is 24.0 Å². The van der Waals surface area contributed by atoms with Crippen LogP contribution in [0.5, 0.6) is 0 Å². The summed E-state index contributed by atoms with van der Waals surface area (Å²) in [5.74, 6) is -0.608. The Morgan fingerprint density at radius 3 is 3.06 bits per heavy atom. The molecule has 98 valence electrons. The number of amides is 1. The van der Waals surface area contributed by atoms with E-state index in [9.17, 15) is 9.18 Å². The molecule has 1 fully saturated rings. The van der Waals surface area contributed by atoms with Crippen molar-refractivity contribution < 1.29 is 19.0 Å². The average Bonchev–Trinajstić information content (AvgIpc) is 2.41. The zero-order valence-corrected chi connectivity index (χ0v) is 10.2. The minimum absolute atomic E-state index is 0.119. The highest BCUT2D eigenvalue weighted by Crippen LogP contribution is 2.14. The summed E-state index contributed by atoms with van der Waals surface area (Å²) in [4.78, 5) is 13.7. The molecule has 2 rings (SSSR count). The first-order valence-corrected chi connectivity index (χ1v) is 5.89. The molecule has 1 aliphatic rings. The maximum atomic E-state index is 13.4. The highest BCUT2D eigenvalue weighted by molar-refractivity contribution is 5.94. The topological polar surface area (TPSA) is 49.8 Å². The molecule has 1 aromatic carbocycles. The molecule has 1 saturated heterocycles. The number of aryl methyl sites for hydroxylation is 1. The Kier molecular flexibility index (Phi) is 3.93.